The first-order chi connectivity index (χ1) is 20.9. The van der Waals surface area contributed by atoms with Gasteiger partial charge in [0, 0.05) is 18.2 Å². The highest BCUT2D eigenvalue weighted by Gasteiger charge is 2.40. The van der Waals surface area contributed by atoms with E-state index >= 15 is 0 Å². The quantitative estimate of drug-likeness (QED) is 0.198. The van der Waals surface area contributed by atoms with E-state index in [0.717, 1.165) is 16.7 Å². The highest BCUT2D eigenvalue weighted by Crippen LogP contribution is 2.30. The molecule has 3 amide bonds. The fraction of sp³-hybridized carbons (Fsp3) is 0.543. The predicted octanol–water partition coefficient (Wildman–Crippen LogP) is 5.86. The summed E-state index contributed by atoms with van der Waals surface area (Å²) < 4.78 is 11.1. The van der Waals surface area contributed by atoms with Crippen LogP contribution in [0.15, 0.2) is 48.5 Å². The molecule has 2 N–H and O–H groups in total. The Labute approximate surface area is 274 Å². The van der Waals surface area contributed by atoms with Crippen LogP contribution in [0.3, 0.4) is 0 Å². The molecule has 0 fully saturated rings. The molecule has 0 saturated heterocycles. The number of aryl methyl sites for hydroxylation is 2. The van der Waals surface area contributed by atoms with Gasteiger partial charge in [-0.25, -0.2) is 9.59 Å². The van der Waals surface area contributed by atoms with Gasteiger partial charge in [0.15, 0.2) is 0 Å². The van der Waals surface area contributed by atoms with Crippen molar-refractivity contribution >= 4 is 36.5 Å². The molecule has 0 aliphatic rings. The summed E-state index contributed by atoms with van der Waals surface area (Å²) in [5.74, 6) is -1.65. The molecule has 0 bridgehead atoms. The summed E-state index contributed by atoms with van der Waals surface area (Å²) in [6, 6.07) is 11.3. The fourth-order valence-corrected chi connectivity index (χ4v) is 5.07. The Bertz CT molecular complexity index is 1320. The second-order valence-corrected chi connectivity index (χ2v) is 13.8. The molecule has 2 aromatic rings. The SMILES string of the molecule is CCC(C)N(C(=O)C(CS)NC(=O)OC(C)(C)C)C(C(=O)NC(Cc1ccccc1)C(=O)OC(C)(C)C)c1ccc(C)cc1C. The maximum absolute atomic E-state index is 14.5. The molecule has 0 heterocycles. The average molecular weight is 642 g/mol. The topological polar surface area (TPSA) is 114 Å². The second kappa shape index (κ2) is 16.2. The van der Waals surface area contributed by atoms with Crippen molar-refractivity contribution in [3.8, 4) is 0 Å². The molecule has 0 saturated carbocycles. The van der Waals surface area contributed by atoms with Gasteiger partial charge in [-0.2, -0.15) is 12.6 Å². The van der Waals surface area contributed by atoms with Gasteiger partial charge in [0.1, 0.15) is 29.3 Å². The van der Waals surface area contributed by atoms with Gasteiger partial charge in [0.05, 0.1) is 0 Å². The minimum Gasteiger partial charge on any atom is -0.458 e. The molecule has 0 radical (unpaired) electrons. The number of ether oxygens (including phenoxy) is 2. The van der Waals surface area contributed by atoms with E-state index in [-0.39, 0.29) is 12.2 Å². The summed E-state index contributed by atoms with van der Waals surface area (Å²) >= 11 is 4.37. The van der Waals surface area contributed by atoms with Gasteiger partial charge in [-0.3, -0.25) is 9.59 Å². The third kappa shape index (κ3) is 11.7. The van der Waals surface area contributed by atoms with Gasteiger partial charge >= 0.3 is 12.1 Å². The molecular formula is C35H51N3O6S. The lowest BCUT2D eigenvalue weighted by atomic mass is 9.94. The fourth-order valence-electron chi connectivity index (χ4n) is 4.83. The smallest absolute Gasteiger partial charge is 0.408 e. The number of hydrogen-bond donors (Lipinski definition) is 3. The number of nitrogens with zero attached hydrogens (tertiary/aromatic N) is 1. The van der Waals surface area contributed by atoms with Crippen molar-refractivity contribution in [2.75, 3.05) is 5.75 Å². The van der Waals surface area contributed by atoms with Crippen LogP contribution in [0.5, 0.6) is 0 Å². The summed E-state index contributed by atoms with van der Waals surface area (Å²) in [5, 5.41) is 5.57. The third-order valence-corrected chi connectivity index (χ3v) is 7.39. The van der Waals surface area contributed by atoms with Crippen molar-refractivity contribution in [1.82, 2.24) is 15.5 Å². The summed E-state index contributed by atoms with van der Waals surface area (Å²) in [6.45, 7) is 18.1. The van der Waals surface area contributed by atoms with Crippen molar-refractivity contribution in [3.05, 3.63) is 70.8 Å². The Morgan fingerprint density at radius 2 is 1.47 bits per heavy atom. The Kier molecular flexibility index (Phi) is 13.5. The highest BCUT2D eigenvalue weighted by atomic mass is 32.1. The molecule has 2 rings (SSSR count). The number of hydrogen-bond acceptors (Lipinski definition) is 7. The lowest BCUT2D eigenvalue weighted by molar-refractivity contribution is -0.159. The normalized spacial score (nSPS) is 14.4. The van der Waals surface area contributed by atoms with E-state index in [1.54, 1.807) is 41.5 Å². The maximum atomic E-state index is 14.5. The van der Waals surface area contributed by atoms with Crippen molar-refractivity contribution < 1.29 is 28.7 Å². The summed E-state index contributed by atoms with van der Waals surface area (Å²) in [6.07, 6.45) is -0.0527. The Morgan fingerprint density at radius 3 is 1.98 bits per heavy atom. The number of rotatable bonds is 12. The van der Waals surface area contributed by atoms with Crippen molar-refractivity contribution in [2.45, 2.75) is 117 Å². The lowest BCUT2D eigenvalue weighted by Crippen LogP contribution is -2.57. The first-order valence-electron chi connectivity index (χ1n) is 15.4. The van der Waals surface area contributed by atoms with E-state index in [2.05, 4.69) is 23.3 Å². The number of thiol groups is 1. The monoisotopic (exact) mass is 641 g/mol. The van der Waals surface area contributed by atoms with Crippen LogP contribution in [0.2, 0.25) is 0 Å². The van der Waals surface area contributed by atoms with Crippen LogP contribution in [0.1, 0.15) is 90.1 Å². The van der Waals surface area contributed by atoms with E-state index < -0.39 is 59.2 Å². The molecule has 9 nitrogen and oxygen atoms in total. The maximum Gasteiger partial charge on any atom is 0.408 e. The summed E-state index contributed by atoms with van der Waals surface area (Å²) in [5.41, 5.74) is 1.67. The molecule has 4 unspecified atom stereocenters. The molecule has 0 aromatic heterocycles. The summed E-state index contributed by atoms with van der Waals surface area (Å²) in [7, 11) is 0. The predicted molar refractivity (Wildman–Crippen MR) is 180 cm³/mol. The van der Waals surface area contributed by atoms with Crippen LogP contribution in [0.25, 0.3) is 0 Å². The number of carbonyl (C=O) groups is 4. The van der Waals surface area contributed by atoms with E-state index in [0.29, 0.717) is 12.0 Å². The van der Waals surface area contributed by atoms with E-state index in [1.165, 1.54) is 4.90 Å². The number of carbonyl (C=O) groups excluding carboxylic acids is 4. The Morgan fingerprint density at radius 1 is 0.867 bits per heavy atom. The van der Waals surface area contributed by atoms with Crippen LogP contribution in [0.4, 0.5) is 4.79 Å². The Hall–Kier alpha value is -3.53. The van der Waals surface area contributed by atoms with Crippen LogP contribution < -0.4 is 10.6 Å². The molecule has 0 aliphatic carbocycles. The number of benzene rings is 2. The van der Waals surface area contributed by atoms with Gasteiger partial charge < -0.3 is 25.0 Å². The summed E-state index contributed by atoms with van der Waals surface area (Å²) in [4.78, 5) is 56.5. The molecule has 4 atom stereocenters. The second-order valence-electron chi connectivity index (χ2n) is 13.4. The largest absolute Gasteiger partial charge is 0.458 e. The van der Waals surface area contributed by atoms with Crippen LogP contribution in [-0.2, 0) is 30.3 Å². The highest BCUT2D eigenvalue weighted by molar-refractivity contribution is 7.80. The van der Waals surface area contributed by atoms with Crippen molar-refractivity contribution in [2.24, 2.45) is 0 Å². The first-order valence-corrected chi connectivity index (χ1v) is 16.1. The molecule has 10 heteroatoms. The molecule has 0 spiro atoms. The minimum absolute atomic E-state index is 0.0270. The zero-order valence-electron chi connectivity index (χ0n) is 28.4. The van der Waals surface area contributed by atoms with Crippen molar-refractivity contribution in [3.63, 3.8) is 0 Å². The van der Waals surface area contributed by atoms with Gasteiger partial charge in [-0.15, -0.1) is 0 Å². The van der Waals surface area contributed by atoms with Gasteiger partial charge in [0.2, 0.25) is 11.8 Å². The first kappa shape index (κ1) is 37.7. The van der Waals surface area contributed by atoms with Gasteiger partial charge in [0.25, 0.3) is 0 Å². The molecule has 45 heavy (non-hydrogen) atoms. The van der Waals surface area contributed by atoms with E-state index in [9.17, 15) is 19.2 Å². The number of esters is 1. The number of alkyl carbamates (subject to hydrolysis) is 1. The number of amides is 3. The Balaban J connectivity index is 2.63. The lowest BCUT2D eigenvalue weighted by Gasteiger charge is -2.39. The zero-order chi connectivity index (χ0) is 34.1. The van der Waals surface area contributed by atoms with Crippen LogP contribution in [0, 0.1) is 13.8 Å². The van der Waals surface area contributed by atoms with Gasteiger partial charge in [-0.1, -0.05) is 61.0 Å². The minimum atomic E-state index is -1.13. The molecule has 248 valence electrons. The number of nitrogens with one attached hydrogen (secondary N) is 2. The van der Waals surface area contributed by atoms with Gasteiger partial charge in [-0.05, 0) is 85.4 Å². The van der Waals surface area contributed by atoms with Crippen molar-refractivity contribution in [1.29, 1.82) is 0 Å². The zero-order valence-corrected chi connectivity index (χ0v) is 29.3. The molecular weight excluding hydrogens is 590 g/mol. The van der Waals surface area contributed by atoms with Crippen LogP contribution >= 0.6 is 12.6 Å². The van der Waals surface area contributed by atoms with E-state index in [1.807, 2.05) is 76.2 Å². The molecule has 2 aromatic carbocycles. The standard InChI is InChI=1S/C35H51N3O6S/c1-11-24(4)38(31(40)28(21-45)37-33(42)44-35(8,9)10)29(26-18-17-22(2)19-23(26)3)30(39)36-27(32(41)43-34(5,6)7)20-25-15-13-12-14-16-25/h12-19,24,27-29,45H,11,20-21H2,1-10H3,(H,36,39)(H,37,42). The van der Waals surface area contributed by atoms with Crippen LogP contribution in [-0.4, -0.2) is 63.9 Å². The average Bonchev–Trinajstić information content (AvgIpc) is 2.92. The third-order valence-electron chi connectivity index (χ3n) is 7.03. The molecule has 0 aliphatic heterocycles. The van der Waals surface area contributed by atoms with E-state index in [4.69, 9.17) is 9.47 Å².